The number of nitrogens with one attached hydrogen (secondary N) is 2. The molecule has 0 fully saturated rings. The third-order valence-corrected chi connectivity index (χ3v) is 5.41. The molecule has 0 unspecified atom stereocenters. The van der Waals surface area contributed by atoms with Crippen molar-refractivity contribution in [2.45, 2.75) is 16.5 Å². The van der Waals surface area contributed by atoms with E-state index in [0.717, 1.165) is 31.6 Å². The molecular weight excluding hydrogens is 350 g/mol. The molecule has 4 aromatic rings. The number of carbonyl (C=O) groups excluding carboxylic acids is 1. The summed E-state index contributed by atoms with van der Waals surface area (Å²) in [7, 11) is 0. The molecule has 25 heavy (non-hydrogen) atoms. The number of carbonyl (C=O) groups is 1. The van der Waals surface area contributed by atoms with E-state index in [4.69, 9.17) is 0 Å². The van der Waals surface area contributed by atoms with Crippen molar-refractivity contribution in [2.24, 2.45) is 0 Å². The summed E-state index contributed by atoms with van der Waals surface area (Å²) >= 11 is 3.16. The number of aromatic amines is 1. The molecule has 2 aromatic carbocycles. The molecule has 2 aromatic heterocycles. The Morgan fingerprint density at radius 2 is 1.92 bits per heavy atom. The first-order chi connectivity index (χ1) is 12.3. The summed E-state index contributed by atoms with van der Waals surface area (Å²) in [6.45, 7) is 0. The van der Waals surface area contributed by atoms with Gasteiger partial charge in [-0.05, 0) is 47.8 Å². The molecule has 2 N–H and O–H groups in total. The number of hydrogen-bond donors (Lipinski definition) is 2. The van der Waals surface area contributed by atoms with Gasteiger partial charge in [-0.2, -0.15) is 0 Å². The Balaban J connectivity index is 1.40. The van der Waals surface area contributed by atoms with E-state index in [2.05, 4.69) is 15.3 Å². The molecule has 0 saturated heterocycles. The third kappa shape index (κ3) is 3.92. The van der Waals surface area contributed by atoms with E-state index in [0.29, 0.717) is 6.42 Å². The smallest absolute Gasteiger partial charge is 0.229 e. The lowest BCUT2D eigenvalue weighted by Crippen LogP contribution is -2.13. The van der Waals surface area contributed by atoms with Gasteiger partial charge in [0.25, 0.3) is 0 Å². The average molecular weight is 365 g/mol. The second-order valence-corrected chi connectivity index (χ2v) is 7.58. The molecule has 0 atom stereocenters. The summed E-state index contributed by atoms with van der Waals surface area (Å²) in [6, 6.07) is 19.7. The Labute approximate surface area is 153 Å². The highest BCUT2D eigenvalue weighted by Gasteiger charge is 2.07. The van der Waals surface area contributed by atoms with Gasteiger partial charge < -0.3 is 10.3 Å². The molecule has 4 nitrogen and oxygen atoms in total. The zero-order valence-electron chi connectivity index (χ0n) is 13.2. The van der Waals surface area contributed by atoms with Gasteiger partial charge in [0.05, 0.1) is 17.5 Å². The summed E-state index contributed by atoms with van der Waals surface area (Å²) in [5.74, 6) is 0.000127. The number of imidazole rings is 1. The van der Waals surface area contributed by atoms with Gasteiger partial charge in [-0.3, -0.25) is 4.79 Å². The number of anilines is 1. The molecule has 0 saturated carbocycles. The van der Waals surface area contributed by atoms with Crippen molar-refractivity contribution in [3.63, 3.8) is 0 Å². The van der Waals surface area contributed by atoms with Gasteiger partial charge in [0.15, 0.2) is 5.16 Å². The number of thiophene rings is 1. The van der Waals surface area contributed by atoms with Crippen molar-refractivity contribution in [1.82, 2.24) is 9.97 Å². The van der Waals surface area contributed by atoms with E-state index >= 15 is 0 Å². The van der Waals surface area contributed by atoms with Crippen molar-refractivity contribution < 1.29 is 4.79 Å². The first-order valence-electron chi connectivity index (χ1n) is 7.81. The summed E-state index contributed by atoms with van der Waals surface area (Å²) in [5, 5.41) is 5.76. The fourth-order valence-electron chi connectivity index (χ4n) is 2.47. The Morgan fingerprint density at radius 3 is 2.68 bits per heavy atom. The van der Waals surface area contributed by atoms with Crippen LogP contribution in [-0.4, -0.2) is 15.9 Å². The molecular formula is C19H15N3OS2. The standard InChI is InChI=1S/C19H15N3OS2/c23-18(12-15-4-3-11-24-15)20-13-7-9-14(10-8-13)25-19-21-16-5-1-2-6-17(16)22-19/h1-11H,12H2,(H,20,23)(H,21,22). The first-order valence-corrected chi connectivity index (χ1v) is 9.51. The van der Waals surface area contributed by atoms with E-state index in [1.807, 2.05) is 66.0 Å². The average Bonchev–Trinajstić information content (AvgIpc) is 3.25. The van der Waals surface area contributed by atoms with Crippen LogP contribution in [0.2, 0.25) is 0 Å². The van der Waals surface area contributed by atoms with Crippen LogP contribution < -0.4 is 5.32 Å². The van der Waals surface area contributed by atoms with Crippen LogP contribution >= 0.6 is 23.1 Å². The molecule has 4 rings (SSSR count). The van der Waals surface area contributed by atoms with Crippen molar-refractivity contribution in [2.75, 3.05) is 5.32 Å². The number of para-hydroxylation sites is 2. The monoisotopic (exact) mass is 365 g/mol. The molecule has 2 heterocycles. The maximum atomic E-state index is 12.0. The number of H-pyrrole nitrogens is 1. The number of amides is 1. The molecule has 0 spiro atoms. The first kappa shape index (κ1) is 15.9. The number of fused-ring (bicyclic) bond motifs is 1. The van der Waals surface area contributed by atoms with Crippen LogP contribution in [-0.2, 0) is 11.2 Å². The highest BCUT2D eigenvalue weighted by molar-refractivity contribution is 7.99. The summed E-state index contributed by atoms with van der Waals surface area (Å²) in [4.78, 5) is 22.0. The minimum Gasteiger partial charge on any atom is -0.333 e. The van der Waals surface area contributed by atoms with Crippen molar-refractivity contribution in [3.8, 4) is 0 Å². The summed E-state index contributed by atoms with van der Waals surface area (Å²) < 4.78 is 0. The molecule has 124 valence electrons. The fourth-order valence-corrected chi connectivity index (χ4v) is 3.98. The number of rotatable bonds is 5. The Kier molecular flexibility index (Phi) is 4.54. The van der Waals surface area contributed by atoms with Gasteiger partial charge >= 0.3 is 0 Å². The normalized spacial score (nSPS) is 10.9. The second kappa shape index (κ2) is 7.13. The highest BCUT2D eigenvalue weighted by Crippen LogP contribution is 2.28. The van der Waals surface area contributed by atoms with Crippen LogP contribution in [0, 0.1) is 0 Å². The lowest BCUT2D eigenvalue weighted by molar-refractivity contribution is -0.115. The van der Waals surface area contributed by atoms with Gasteiger partial charge in [-0.15, -0.1) is 11.3 Å². The predicted molar refractivity (Wildman–Crippen MR) is 103 cm³/mol. The van der Waals surface area contributed by atoms with Gasteiger partial charge in [-0.25, -0.2) is 4.98 Å². The SMILES string of the molecule is O=C(Cc1cccs1)Nc1ccc(Sc2nc3ccccc3[nH]2)cc1. The minimum atomic E-state index is 0.000127. The van der Waals surface area contributed by atoms with E-state index < -0.39 is 0 Å². The van der Waals surface area contributed by atoms with Crippen LogP contribution in [0.4, 0.5) is 5.69 Å². The van der Waals surface area contributed by atoms with Crippen molar-refractivity contribution in [3.05, 3.63) is 70.9 Å². The summed E-state index contributed by atoms with van der Waals surface area (Å²) in [6.07, 6.45) is 0.410. The molecule has 0 bridgehead atoms. The number of benzene rings is 2. The maximum Gasteiger partial charge on any atom is 0.229 e. The lowest BCUT2D eigenvalue weighted by Gasteiger charge is -2.05. The van der Waals surface area contributed by atoms with Crippen LogP contribution in [0.25, 0.3) is 11.0 Å². The molecule has 0 aliphatic rings. The number of aromatic nitrogens is 2. The lowest BCUT2D eigenvalue weighted by atomic mass is 10.3. The zero-order valence-corrected chi connectivity index (χ0v) is 14.9. The van der Waals surface area contributed by atoms with Gasteiger partial charge in [0.1, 0.15) is 0 Å². The molecule has 0 aliphatic heterocycles. The van der Waals surface area contributed by atoms with Crippen LogP contribution in [0.3, 0.4) is 0 Å². The highest BCUT2D eigenvalue weighted by atomic mass is 32.2. The van der Waals surface area contributed by atoms with E-state index in [1.165, 1.54) is 0 Å². The topological polar surface area (TPSA) is 57.8 Å². The van der Waals surface area contributed by atoms with Crippen molar-refractivity contribution >= 4 is 45.7 Å². The van der Waals surface area contributed by atoms with Gasteiger partial charge in [-0.1, -0.05) is 30.0 Å². The molecule has 6 heteroatoms. The fraction of sp³-hybridized carbons (Fsp3) is 0.0526. The van der Waals surface area contributed by atoms with Gasteiger partial charge in [0, 0.05) is 15.5 Å². The van der Waals surface area contributed by atoms with Gasteiger partial charge in [0.2, 0.25) is 5.91 Å². The molecule has 0 radical (unpaired) electrons. The number of nitrogens with zero attached hydrogens (tertiary/aromatic N) is 1. The number of hydrogen-bond acceptors (Lipinski definition) is 4. The minimum absolute atomic E-state index is 0.000127. The molecule has 1 amide bonds. The van der Waals surface area contributed by atoms with E-state index in [-0.39, 0.29) is 5.91 Å². The van der Waals surface area contributed by atoms with Crippen LogP contribution in [0.15, 0.2) is 76.1 Å². The summed E-state index contributed by atoms with van der Waals surface area (Å²) in [5.41, 5.74) is 2.79. The Morgan fingerprint density at radius 1 is 1.08 bits per heavy atom. The third-order valence-electron chi connectivity index (χ3n) is 3.64. The maximum absolute atomic E-state index is 12.0. The van der Waals surface area contributed by atoms with E-state index in [1.54, 1.807) is 23.1 Å². The quantitative estimate of drug-likeness (QED) is 0.526. The predicted octanol–water partition coefficient (Wildman–Crippen LogP) is 4.96. The Bertz CT molecular complexity index is 958. The second-order valence-electron chi connectivity index (χ2n) is 5.49. The van der Waals surface area contributed by atoms with Crippen molar-refractivity contribution in [1.29, 1.82) is 0 Å². The van der Waals surface area contributed by atoms with E-state index in [9.17, 15) is 4.79 Å². The Hall–Kier alpha value is -2.57. The zero-order chi connectivity index (χ0) is 17.1. The van der Waals surface area contributed by atoms with Crippen LogP contribution in [0.1, 0.15) is 4.88 Å². The largest absolute Gasteiger partial charge is 0.333 e. The van der Waals surface area contributed by atoms with Crippen LogP contribution in [0.5, 0.6) is 0 Å². The molecule has 0 aliphatic carbocycles.